The van der Waals surface area contributed by atoms with E-state index >= 15 is 0 Å². The maximum atomic E-state index is 12.7. The number of urea groups is 1. The van der Waals surface area contributed by atoms with Crippen LogP contribution in [0.3, 0.4) is 0 Å². The van der Waals surface area contributed by atoms with Crippen molar-refractivity contribution in [2.24, 2.45) is 11.1 Å². The Hall–Kier alpha value is -2.08. The molecule has 1 aliphatic carbocycles. The summed E-state index contributed by atoms with van der Waals surface area (Å²) in [6.07, 6.45) is 5.27. The number of hydrogen-bond acceptors (Lipinski definition) is 3. The summed E-state index contributed by atoms with van der Waals surface area (Å²) in [6, 6.07) is 10.5. The zero-order valence-corrected chi connectivity index (χ0v) is 16.5. The molecule has 3 rings (SSSR count). The molecule has 1 aromatic rings. The van der Waals surface area contributed by atoms with Crippen molar-refractivity contribution in [1.82, 2.24) is 15.1 Å². The molecule has 1 aliphatic heterocycles. The molecule has 2 fully saturated rings. The highest BCUT2D eigenvalue weighted by Crippen LogP contribution is 2.42. The molecule has 1 heterocycles. The van der Waals surface area contributed by atoms with Crippen LogP contribution in [-0.4, -0.2) is 55.5 Å². The van der Waals surface area contributed by atoms with Crippen LogP contribution >= 0.6 is 0 Å². The molecule has 148 valence electrons. The number of carbonyl (C=O) groups excluding carboxylic acids is 2. The second-order valence-electron chi connectivity index (χ2n) is 8.30. The van der Waals surface area contributed by atoms with Crippen molar-refractivity contribution in [2.45, 2.75) is 44.1 Å². The van der Waals surface area contributed by atoms with Gasteiger partial charge in [-0.25, -0.2) is 4.79 Å². The Kier molecular flexibility index (Phi) is 5.75. The van der Waals surface area contributed by atoms with Crippen LogP contribution in [0.4, 0.5) is 4.79 Å². The fourth-order valence-electron chi connectivity index (χ4n) is 4.58. The largest absolute Gasteiger partial charge is 0.369 e. The average Bonchev–Trinajstić information content (AvgIpc) is 2.69. The topological polar surface area (TPSA) is 78.7 Å². The molecule has 1 aromatic carbocycles. The van der Waals surface area contributed by atoms with Gasteiger partial charge in [0.25, 0.3) is 0 Å². The Labute approximate surface area is 162 Å². The third-order valence-corrected chi connectivity index (χ3v) is 6.62. The number of rotatable bonds is 5. The van der Waals surface area contributed by atoms with Gasteiger partial charge < -0.3 is 16.0 Å². The second kappa shape index (κ2) is 7.89. The molecule has 0 unspecified atom stereocenters. The number of primary amides is 1. The Morgan fingerprint density at radius 2 is 1.85 bits per heavy atom. The summed E-state index contributed by atoms with van der Waals surface area (Å²) >= 11 is 0. The van der Waals surface area contributed by atoms with Crippen molar-refractivity contribution < 1.29 is 9.59 Å². The molecular weight excluding hydrogens is 340 g/mol. The molecule has 0 aromatic heterocycles. The lowest BCUT2D eigenvalue weighted by molar-refractivity contribution is -0.133. The minimum atomic E-state index is -0.543. The van der Waals surface area contributed by atoms with E-state index in [1.165, 1.54) is 5.56 Å². The van der Waals surface area contributed by atoms with Crippen LogP contribution < -0.4 is 11.1 Å². The van der Waals surface area contributed by atoms with Crippen LogP contribution in [0.2, 0.25) is 0 Å². The molecule has 1 atom stereocenters. The number of nitrogens with one attached hydrogen (secondary N) is 1. The molecule has 27 heavy (non-hydrogen) atoms. The third-order valence-electron chi connectivity index (χ3n) is 6.62. The summed E-state index contributed by atoms with van der Waals surface area (Å²) in [6.45, 7) is 1.67. The summed E-state index contributed by atoms with van der Waals surface area (Å²) in [5.74, 6) is -0.275. The van der Waals surface area contributed by atoms with Gasteiger partial charge in [0.05, 0.1) is 5.41 Å². The molecule has 0 radical (unpaired) electrons. The quantitative estimate of drug-likeness (QED) is 0.832. The zero-order valence-electron chi connectivity index (χ0n) is 16.5. The van der Waals surface area contributed by atoms with E-state index in [2.05, 4.69) is 48.6 Å². The van der Waals surface area contributed by atoms with Gasteiger partial charge in [-0.15, -0.1) is 0 Å². The fraction of sp³-hybridized carbons (Fsp3) is 0.619. The van der Waals surface area contributed by atoms with Gasteiger partial charge in [0.1, 0.15) is 0 Å². The van der Waals surface area contributed by atoms with E-state index < -0.39 is 5.41 Å². The summed E-state index contributed by atoms with van der Waals surface area (Å²) in [5, 5.41) is 3.03. The van der Waals surface area contributed by atoms with Gasteiger partial charge in [0, 0.05) is 25.2 Å². The summed E-state index contributed by atoms with van der Waals surface area (Å²) < 4.78 is 0. The van der Waals surface area contributed by atoms with Crippen LogP contribution in [0.1, 0.15) is 44.1 Å². The third kappa shape index (κ3) is 3.81. The molecule has 3 amide bonds. The van der Waals surface area contributed by atoms with Crippen LogP contribution in [0.15, 0.2) is 30.3 Å². The van der Waals surface area contributed by atoms with E-state index in [0.717, 1.165) is 38.5 Å². The van der Waals surface area contributed by atoms with Gasteiger partial charge in [-0.3, -0.25) is 9.69 Å². The molecule has 6 heteroatoms. The van der Waals surface area contributed by atoms with E-state index in [0.29, 0.717) is 19.6 Å². The zero-order chi connectivity index (χ0) is 19.5. The standard InChI is InChI=1S/C21H32N4O2/c1-24(2)21(17-8-4-3-5-9-17)12-7-14-23-19(27)25(15-13-21)16-20(18(22)26)10-6-11-20/h3-5,8-9H,6-7,10-16H2,1-2H3,(H2,22,26)(H,23,27)/t21-/m0/s1. The van der Waals surface area contributed by atoms with Crippen molar-refractivity contribution in [1.29, 1.82) is 0 Å². The lowest BCUT2D eigenvalue weighted by Crippen LogP contribution is -2.54. The number of nitrogens with two attached hydrogens (primary N) is 1. The lowest BCUT2D eigenvalue weighted by atomic mass is 9.68. The highest BCUT2D eigenvalue weighted by atomic mass is 16.2. The maximum absolute atomic E-state index is 12.7. The van der Waals surface area contributed by atoms with Crippen LogP contribution in [0.25, 0.3) is 0 Å². The van der Waals surface area contributed by atoms with E-state index in [-0.39, 0.29) is 17.5 Å². The molecule has 0 bridgehead atoms. The predicted molar refractivity (Wildman–Crippen MR) is 106 cm³/mol. The van der Waals surface area contributed by atoms with Gasteiger partial charge >= 0.3 is 6.03 Å². The van der Waals surface area contributed by atoms with E-state index in [4.69, 9.17) is 5.73 Å². The number of amides is 3. The SMILES string of the molecule is CN(C)[C@@]1(c2ccccc2)CCCNC(=O)N(CC2(C(N)=O)CCC2)CC1. The second-order valence-corrected chi connectivity index (χ2v) is 8.30. The Morgan fingerprint density at radius 3 is 2.41 bits per heavy atom. The van der Waals surface area contributed by atoms with Crippen molar-refractivity contribution in [3.63, 3.8) is 0 Å². The molecule has 1 saturated carbocycles. The van der Waals surface area contributed by atoms with E-state index in [1.54, 1.807) is 0 Å². The first kappa shape index (κ1) is 19.7. The number of nitrogens with zero attached hydrogens (tertiary/aromatic N) is 2. The number of hydrogen-bond donors (Lipinski definition) is 2. The van der Waals surface area contributed by atoms with E-state index in [1.807, 2.05) is 11.0 Å². The molecule has 2 aliphatic rings. The Balaban J connectivity index is 1.86. The molecule has 1 saturated heterocycles. The summed E-state index contributed by atoms with van der Waals surface area (Å²) in [4.78, 5) is 28.8. The van der Waals surface area contributed by atoms with Gasteiger partial charge in [0.15, 0.2) is 0 Å². The Bertz CT molecular complexity index is 672. The normalized spacial score (nSPS) is 25.7. The molecule has 3 N–H and O–H groups in total. The highest BCUT2D eigenvalue weighted by Gasteiger charge is 2.45. The van der Waals surface area contributed by atoms with E-state index in [9.17, 15) is 9.59 Å². The predicted octanol–water partition coefficient (Wildman–Crippen LogP) is 2.29. The first-order valence-corrected chi connectivity index (χ1v) is 9.95. The lowest BCUT2D eigenvalue weighted by Gasteiger charge is -2.44. The number of carbonyl (C=O) groups is 2. The monoisotopic (exact) mass is 372 g/mol. The smallest absolute Gasteiger partial charge is 0.317 e. The van der Waals surface area contributed by atoms with Gasteiger partial charge in [-0.1, -0.05) is 36.8 Å². The van der Waals surface area contributed by atoms with Crippen molar-refractivity contribution in [2.75, 3.05) is 33.7 Å². The first-order chi connectivity index (χ1) is 12.9. The van der Waals surface area contributed by atoms with Crippen LogP contribution in [-0.2, 0) is 10.3 Å². The summed E-state index contributed by atoms with van der Waals surface area (Å²) in [7, 11) is 4.22. The van der Waals surface area contributed by atoms with Gasteiger partial charge in [-0.05, 0) is 51.8 Å². The van der Waals surface area contributed by atoms with Crippen molar-refractivity contribution in [3.8, 4) is 0 Å². The van der Waals surface area contributed by atoms with Crippen LogP contribution in [0.5, 0.6) is 0 Å². The van der Waals surface area contributed by atoms with Crippen molar-refractivity contribution in [3.05, 3.63) is 35.9 Å². The maximum Gasteiger partial charge on any atom is 0.317 e. The van der Waals surface area contributed by atoms with Gasteiger partial charge in [-0.2, -0.15) is 0 Å². The van der Waals surface area contributed by atoms with Gasteiger partial charge in [0.2, 0.25) is 5.91 Å². The average molecular weight is 373 g/mol. The molecule has 6 nitrogen and oxygen atoms in total. The fourth-order valence-corrected chi connectivity index (χ4v) is 4.58. The summed E-state index contributed by atoms with van der Waals surface area (Å²) in [5.41, 5.74) is 6.28. The van der Waals surface area contributed by atoms with Crippen LogP contribution in [0, 0.1) is 5.41 Å². The minimum Gasteiger partial charge on any atom is -0.369 e. The Morgan fingerprint density at radius 1 is 1.15 bits per heavy atom. The minimum absolute atomic E-state index is 0.0786. The number of benzene rings is 1. The highest BCUT2D eigenvalue weighted by molar-refractivity contribution is 5.83. The molecular formula is C21H32N4O2. The molecule has 0 spiro atoms. The van der Waals surface area contributed by atoms with Crippen molar-refractivity contribution >= 4 is 11.9 Å². The first-order valence-electron chi connectivity index (χ1n) is 9.95.